The van der Waals surface area contributed by atoms with E-state index in [2.05, 4.69) is 15.2 Å². The van der Waals surface area contributed by atoms with Gasteiger partial charge in [0.15, 0.2) is 0 Å². The number of hydrogen-bond donors (Lipinski definition) is 2. The number of para-hydroxylation sites is 2. The van der Waals surface area contributed by atoms with Gasteiger partial charge in [-0.05, 0) is 37.3 Å². The van der Waals surface area contributed by atoms with Gasteiger partial charge in [-0.2, -0.15) is 18.3 Å². The third-order valence-corrected chi connectivity index (χ3v) is 6.16. The van der Waals surface area contributed by atoms with Crippen molar-refractivity contribution in [1.82, 2.24) is 0 Å². The van der Waals surface area contributed by atoms with E-state index in [0.29, 0.717) is 0 Å². The van der Waals surface area contributed by atoms with E-state index in [-0.39, 0.29) is 28.4 Å². The molecule has 0 amide bonds. The number of nitrogens with zero attached hydrogens (tertiary/aromatic N) is 2. The topological polar surface area (TPSA) is 123 Å². The molecule has 0 radical (unpaired) electrons. The van der Waals surface area contributed by atoms with Gasteiger partial charge >= 0.3 is 6.18 Å². The number of anilines is 2. The van der Waals surface area contributed by atoms with Crippen LogP contribution in [0.5, 0.6) is 5.75 Å². The summed E-state index contributed by atoms with van der Waals surface area (Å²) < 4.78 is 72.8. The average Bonchev–Trinajstić information content (AvgIpc) is 2.81. The number of sulfonamides is 1. The molecule has 0 aliphatic rings. The van der Waals surface area contributed by atoms with Crippen LogP contribution < -0.4 is 14.9 Å². The smallest absolute Gasteiger partial charge is 0.417 e. The van der Waals surface area contributed by atoms with Gasteiger partial charge in [0.2, 0.25) is 0 Å². The van der Waals surface area contributed by atoms with Gasteiger partial charge in [-0.25, -0.2) is 8.42 Å². The van der Waals surface area contributed by atoms with Crippen molar-refractivity contribution < 1.29 is 31.2 Å². The zero-order valence-electron chi connectivity index (χ0n) is 18.3. The number of nitrogens with one attached hydrogen (secondary N) is 2. The molecule has 0 bridgehead atoms. The highest BCUT2D eigenvalue weighted by Gasteiger charge is 2.33. The molecule has 0 aliphatic carbocycles. The summed E-state index contributed by atoms with van der Waals surface area (Å²) in [6, 6.07) is 14.0. The number of benzene rings is 3. The standard InChI is InChI=1S/C22H19F3N4O5S/c1-14(16-7-3-4-8-17(16)22(23,24)25)26-27-18-12-11-15(13-20(18)29(30)31)35(32,33)28-19-9-5-6-10-21(19)34-2/h3-13,27-28H,1-2H3/b26-14-. The second-order valence-electron chi connectivity index (χ2n) is 7.09. The minimum absolute atomic E-state index is 0.0817. The van der Waals surface area contributed by atoms with Crippen molar-refractivity contribution in [2.24, 2.45) is 5.10 Å². The number of nitro benzene ring substituents is 1. The highest BCUT2D eigenvalue weighted by atomic mass is 32.2. The lowest BCUT2D eigenvalue weighted by Gasteiger charge is -2.13. The second-order valence-corrected chi connectivity index (χ2v) is 8.78. The predicted molar refractivity (Wildman–Crippen MR) is 124 cm³/mol. The Morgan fingerprint density at radius 1 is 1.03 bits per heavy atom. The molecule has 35 heavy (non-hydrogen) atoms. The summed E-state index contributed by atoms with van der Waals surface area (Å²) >= 11 is 0. The van der Waals surface area contributed by atoms with Crippen LogP contribution in [0.1, 0.15) is 18.1 Å². The first kappa shape index (κ1) is 25.5. The van der Waals surface area contributed by atoms with Gasteiger partial charge in [0.1, 0.15) is 11.4 Å². The van der Waals surface area contributed by atoms with Crippen LogP contribution in [0.3, 0.4) is 0 Å². The molecule has 3 aromatic carbocycles. The molecule has 9 nitrogen and oxygen atoms in total. The fraction of sp³-hybridized carbons (Fsp3) is 0.136. The normalized spacial score (nSPS) is 12.2. The van der Waals surface area contributed by atoms with Crippen LogP contribution in [0.4, 0.5) is 30.2 Å². The third kappa shape index (κ3) is 5.87. The largest absolute Gasteiger partial charge is 0.495 e. The number of nitro groups is 1. The van der Waals surface area contributed by atoms with E-state index in [1.807, 2.05) is 0 Å². The number of hydrazone groups is 1. The van der Waals surface area contributed by atoms with Crippen molar-refractivity contribution in [1.29, 1.82) is 0 Å². The minimum Gasteiger partial charge on any atom is -0.495 e. The Morgan fingerprint density at radius 3 is 2.34 bits per heavy atom. The molecule has 0 saturated carbocycles. The molecule has 3 aromatic rings. The molecule has 0 aliphatic heterocycles. The van der Waals surface area contributed by atoms with E-state index < -0.39 is 37.3 Å². The fourth-order valence-corrected chi connectivity index (χ4v) is 4.20. The molecule has 2 N–H and O–H groups in total. The number of methoxy groups -OCH3 is 1. The zero-order chi connectivity index (χ0) is 25.8. The minimum atomic E-state index is -4.62. The van der Waals surface area contributed by atoms with E-state index in [0.717, 1.165) is 24.3 Å². The lowest BCUT2D eigenvalue weighted by Crippen LogP contribution is -2.14. The highest BCUT2D eigenvalue weighted by Crippen LogP contribution is 2.33. The quantitative estimate of drug-likeness (QED) is 0.243. The van der Waals surface area contributed by atoms with Gasteiger partial charge in [0, 0.05) is 11.6 Å². The first-order chi connectivity index (χ1) is 16.4. The Morgan fingerprint density at radius 2 is 1.69 bits per heavy atom. The number of alkyl halides is 3. The highest BCUT2D eigenvalue weighted by molar-refractivity contribution is 7.92. The summed E-state index contributed by atoms with van der Waals surface area (Å²) in [6.45, 7) is 1.30. The van der Waals surface area contributed by atoms with Gasteiger partial charge < -0.3 is 4.74 Å². The maximum Gasteiger partial charge on any atom is 0.417 e. The molecule has 184 valence electrons. The van der Waals surface area contributed by atoms with Crippen LogP contribution in [-0.4, -0.2) is 26.2 Å². The number of rotatable bonds is 8. The van der Waals surface area contributed by atoms with Crippen molar-refractivity contribution in [3.05, 3.63) is 88.0 Å². The Labute approximate surface area is 198 Å². The van der Waals surface area contributed by atoms with E-state index >= 15 is 0 Å². The van der Waals surface area contributed by atoms with Crippen molar-refractivity contribution in [3.8, 4) is 5.75 Å². The summed E-state index contributed by atoms with van der Waals surface area (Å²) in [5, 5.41) is 15.4. The van der Waals surface area contributed by atoms with Crippen LogP contribution in [-0.2, 0) is 16.2 Å². The van der Waals surface area contributed by atoms with Crippen molar-refractivity contribution in [2.75, 3.05) is 17.3 Å². The van der Waals surface area contributed by atoms with Gasteiger partial charge in [-0.3, -0.25) is 20.3 Å². The van der Waals surface area contributed by atoms with Crippen molar-refractivity contribution >= 4 is 32.8 Å². The summed E-state index contributed by atoms with van der Waals surface area (Å²) in [5.74, 6) is 0.243. The van der Waals surface area contributed by atoms with Crippen LogP contribution >= 0.6 is 0 Å². The molecule has 0 spiro atoms. The SMILES string of the molecule is COc1ccccc1NS(=O)(=O)c1ccc(N/N=C(/C)c2ccccc2C(F)(F)F)c([N+](=O)[O-])c1. The molecular formula is C22H19F3N4O5S. The molecule has 0 saturated heterocycles. The summed E-state index contributed by atoms with van der Waals surface area (Å²) in [6.07, 6.45) is -4.62. The van der Waals surface area contributed by atoms with Crippen LogP contribution in [0.2, 0.25) is 0 Å². The molecule has 13 heteroatoms. The van der Waals surface area contributed by atoms with Gasteiger partial charge in [0.25, 0.3) is 15.7 Å². The van der Waals surface area contributed by atoms with Crippen LogP contribution in [0.15, 0.2) is 76.7 Å². The first-order valence-corrected chi connectivity index (χ1v) is 11.3. The molecule has 0 unspecified atom stereocenters. The lowest BCUT2D eigenvalue weighted by atomic mass is 10.0. The monoisotopic (exact) mass is 508 g/mol. The maximum absolute atomic E-state index is 13.3. The second kappa shape index (κ2) is 10.0. The molecule has 0 aromatic heterocycles. The molecule has 0 heterocycles. The van der Waals surface area contributed by atoms with Crippen molar-refractivity contribution in [3.63, 3.8) is 0 Å². The average molecular weight is 508 g/mol. The Bertz CT molecular complexity index is 1390. The predicted octanol–water partition coefficient (Wildman–Crippen LogP) is 5.26. The third-order valence-electron chi connectivity index (χ3n) is 4.79. The number of ether oxygens (including phenoxy) is 1. The first-order valence-electron chi connectivity index (χ1n) is 9.85. The number of halogens is 3. The summed E-state index contributed by atoms with van der Waals surface area (Å²) in [5.41, 5.74) is 0.423. The molecule has 0 atom stereocenters. The van der Waals surface area contributed by atoms with Gasteiger partial charge in [-0.15, -0.1) is 0 Å². The fourth-order valence-electron chi connectivity index (χ4n) is 3.11. The maximum atomic E-state index is 13.3. The van der Waals surface area contributed by atoms with Crippen LogP contribution in [0.25, 0.3) is 0 Å². The number of hydrogen-bond acceptors (Lipinski definition) is 7. The van der Waals surface area contributed by atoms with Crippen LogP contribution in [0, 0.1) is 10.1 Å². The van der Waals surface area contributed by atoms with Gasteiger partial charge in [0.05, 0.1) is 33.9 Å². The van der Waals surface area contributed by atoms with Crippen molar-refractivity contribution in [2.45, 2.75) is 18.0 Å². The van der Waals surface area contributed by atoms with E-state index in [9.17, 15) is 31.7 Å². The van der Waals surface area contributed by atoms with E-state index in [1.165, 1.54) is 44.4 Å². The summed E-state index contributed by atoms with van der Waals surface area (Å²) in [4.78, 5) is 10.3. The lowest BCUT2D eigenvalue weighted by molar-refractivity contribution is -0.384. The Hall–Kier alpha value is -4.13. The zero-order valence-corrected chi connectivity index (χ0v) is 19.1. The molecule has 0 fully saturated rings. The Balaban J connectivity index is 1.93. The van der Waals surface area contributed by atoms with E-state index in [4.69, 9.17) is 4.74 Å². The van der Waals surface area contributed by atoms with Gasteiger partial charge in [-0.1, -0.05) is 30.3 Å². The Kier molecular flexibility index (Phi) is 7.29. The summed E-state index contributed by atoms with van der Waals surface area (Å²) in [7, 11) is -2.88. The molecule has 3 rings (SSSR count). The van der Waals surface area contributed by atoms with E-state index in [1.54, 1.807) is 12.1 Å². The molecular weight excluding hydrogens is 489 g/mol.